The van der Waals surface area contributed by atoms with E-state index in [1.807, 2.05) is 0 Å². The fourth-order valence-corrected chi connectivity index (χ4v) is 2.79. The SMILES string of the molecule is Cc1ccc(CN2CC(C)CNCC2CCO)cc1. The summed E-state index contributed by atoms with van der Waals surface area (Å²) in [6.45, 7) is 8.82. The molecule has 3 nitrogen and oxygen atoms in total. The molecule has 1 fully saturated rings. The van der Waals surface area contributed by atoms with Crippen molar-refractivity contribution in [2.45, 2.75) is 32.9 Å². The average molecular weight is 262 g/mol. The molecular formula is C16H26N2O. The van der Waals surface area contributed by atoms with Crippen molar-refractivity contribution < 1.29 is 5.11 Å². The lowest BCUT2D eigenvalue weighted by Gasteiger charge is -2.30. The van der Waals surface area contributed by atoms with Gasteiger partial charge in [0.05, 0.1) is 0 Å². The van der Waals surface area contributed by atoms with Gasteiger partial charge in [0.15, 0.2) is 0 Å². The minimum Gasteiger partial charge on any atom is -0.396 e. The van der Waals surface area contributed by atoms with Gasteiger partial charge < -0.3 is 10.4 Å². The number of benzene rings is 1. The van der Waals surface area contributed by atoms with Gasteiger partial charge in [-0.25, -0.2) is 0 Å². The molecule has 1 aliphatic heterocycles. The van der Waals surface area contributed by atoms with Crippen molar-refractivity contribution in [1.29, 1.82) is 0 Å². The van der Waals surface area contributed by atoms with Gasteiger partial charge in [-0.15, -0.1) is 0 Å². The van der Waals surface area contributed by atoms with Crippen LogP contribution >= 0.6 is 0 Å². The zero-order chi connectivity index (χ0) is 13.7. The minimum absolute atomic E-state index is 0.269. The fraction of sp³-hybridized carbons (Fsp3) is 0.625. The topological polar surface area (TPSA) is 35.5 Å². The number of aliphatic hydroxyl groups is 1. The molecule has 2 N–H and O–H groups in total. The van der Waals surface area contributed by atoms with Crippen LogP contribution in [0.2, 0.25) is 0 Å². The summed E-state index contributed by atoms with van der Waals surface area (Å²) in [5, 5.41) is 12.7. The smallest absolute Gasteiger partial charge is 0.0446 e. The first-order valence-corrected chi connectivity index (χ1v) is 7.30. The second-order valence-electron chi connectivity index (χ2n) is 5.84. The van der Waals surface area contributed by atoms with Crippen molar-refractivity contribution in [2.75, 3.05) is 26.2 Å². The van der Waals surface area contributed by atoms with Gasteiger partial charge in [-0.3, -0.25) is 4.90 Å². The predicted octanol–water partition coefficient (Wildman–Crippen LogP) is 1.79. The maximum absolute atomic E-state index is 9.24. The standard InChI is InChI=1S/C16H26N2O/c1-13-3-5-15(6-4-13)12-18-11-14(2)9-17-10-16(18)7-8-19/h3-6,14,16-17,19H,7-12H2,1-2H3. The zero-order valence-electron chi connectivity index (χ0n) is 12.1. The summed E-state index contributed by atoms with van der Waals surface area (Å²) in [5.41, 5.74) is 2.67. The number of aliphatic hydroxyl groups excluding tert-OH is 1. The lowest BCUT2D eigenvalue weighted by atomic mass is 10.1. The van der Waals surface area contributed by atoms with E-state index in [1.165, 1.54) is 11.1 Å². The largest absolute Gasteiger partial charge is 0.396 e. The molecule has 106 valence electrons. The van der Waals surface area contributed by atoms with Gasteiger partial charge in [-0.2, -0.15) is 0 Å². The van der Waals surface area contributed by atoms with Crippen molar-refractivity contribution in [3.8, 4) is 0 Å². The summed E-state index contributed by atoms with van der Waals surface area (Å²) < 4.78 is 0. The Labute approximate surface area is 116 Å². The molecule has 1 aliphatic rings. The van der Waals surface area contributed by atoms with Crippen LogP contribution in [0.1, 0.15) is 24.5 Å². The molecule has 1 aromatic rings. The average Bonchev–Trinajstić information content (AvgIpc) is 2.55. The van der Waals surface area contributed by atoms with Crippen LogP contribution in [0.4, 0.5) is 0 Å². The van der Waals surface area contributed by atoms with Gasteiger partial charge in [0.2, 0.25) is 0 Å². The maximum Gasteiger partial charge on any atom is 0.0446 e. The Hall–Kier alpha value is -0.900. The van der Waals surface area contributed by atoms with Gasteiger partial charge in [-0.05, 0) is 31.4 Å². The van der Waals surface area contributed by atoms with Crippen molar-refractivity contribution in [1.82, 2.24) is 10.2 Å². The summed E-state index contributed by atoms with van der Waals surface area (Å²) in [5.74, 6) is 0.661. The quantitative estimate of drug-likeness (QED) is 0.868. The molecule has 0 radical (unpaired) electrons. The number of nitrogens with one attached hydrogen (secondary N) is 1. The van der Waals surface area contributed by atoms with Crippen LogP contribution in [0.15, 0.2) is 24.3 Å². The number of aryl methyl sites for hydroxylation is 1. The number of nitrogens with zero attached hydrogens (tertiary/aromatic N) is 1. The highest BCUT2D eigenvalue weighted by molar-refractivity contribution is 5.21. The van der Waals surface area contributed by atoms with Gasteiger partial charge in [0.1, 0.15) is 0 Å². The monoisotopic (exact) mass is 262 g/mol. The highest BCUT2D eigenvalue weighted by Crippen LogP contribution is 2.16. The molecule has 0 aliphatic carbocycles. The second-order valence-corrected chi connectivity index (χ2v) is 5.84. The second kappa shape index (κ2) is 7.04. The van der Waals surface area contributed by atoms with E-state index in [2.05, 4.69) is 48.3 Å². The highest BCUT2D eigenvalue weighted by atomic mass is 16.3. The molecule has 0 spiro atoms. The predicted molar refractivity (Wildman–Crippen MR) is 79.1 cm³/mol. The summed E-state index contributed by atoms with van der Waals surface area (Å²) in [6, 6.07) is 9.23. The number of hydrogen-bond donors (Lipinski definition) is 2. The van der Waals surface area contributed by atoms with Crippen molar-refractivity contribution in [2.24, 2.45) is 5.92 Å². The van der Waals surface area contributed by atoms with Crippen molar-refractivity contribution >= 4 is 0 Å². The van der Waals surface area contributed by atoms with Gasteiger partial charge >= 0.3 is 0 Å². The van der Waals surface area contributed by atoms with E-state index in [0.717, 1.165) is 32.6 Å². The third-order valence-corrected chi connectivity index (χ3v) is 3.90. The molecule has 19 heavy (non-hydrogen) atoms. The molecule has 0 aromatic heterocycles. The lowest BCUT2D eigenvalue weighted by Crippen LogP contribution is -2.40. The van der Waals surface area contributed by atoms with E-state index in [0.29, 0.717) is 12.0 Å². The van der Waals surface area contributed by atoms with Crippen LogP contribution in [0.3, 0.4) is 0 Å². The van der Waals surface area contributed by atoms with E-state index >= 15 is 0 Å². The lowest BCUT2D eigenvalue weighted by molar-refractivity contribution is 0.149. The Bertz CT molecular complexity index is 377. The van der Waals surface area contributed by atoms with Gasteiger partial charge in [0, 0.05) is 32.3 Å². The molecule has 0 amide bonds. The van der Waals surface area contributed by atoms with Crippen LogP contribution in [0, 0.1) is 12.8 Å². The molecule has 0 bridgehead atoms. The van der Waals surface area contributed by atoms with Crippen LogP contribution in [0.5, 0.6) is 0 Å². The molecule has 1 saturated heterocycles. The van der Waals surface area contributed by atoms with E-state index in [4.69, 9.17) is 0 Å². The normalized spacial score (nSPS) is 25.2. The Balaban J connectivity index is 2.05. The Morgan fingerprint density at radius 3 is 2.68 bits per heavy atom. The Kier molecular flexibility index (Phi) is 5.37. The maximum atomic E-state index is 9.24. The van der Waals surface area contributed by atoms with Crippen LogP contribution in [-0.4, -0.2) is 42.3 Å². The Morgan fingerprint density at radius 2 is 2.00 bits per heavy atom. The van der Waals surface area contributed by atoms with E-state index in [-0.39, 0.29) is 6.61 Å². The first kappa shape index (κ1) is 14.5. The first-order valence-electron chi connectivity index (χ1n) is 7.30. The summed E-state index contributed by atoms with van der Waals surface area (Å²) >= 11 is 0. The van der Waals surface area contributed by atoms with Gasteiger partial charge in [-0.1, -0.05) is 36.8 Å². The zero-order valence-corrected chi connectivity index (χ0v) is 12.1. The fourth-order valence-electron chi connectivity index (χ4n) is 2.79. The molecule has 2 unspecified atom stereocenters. The molecule has 0 saturated carbocycles. The van der Waals surface area contributed by atoms with Gasteiger partial charge in [0.25, 0.3) is 0 Å². The molecule has 1 aromatic carbocycles. The third kappa shape index (κ3) is 4.30. The van der Waals surface area contributed by atoms with E-state index in [9.17, 15) is 5.11 Å². The highest BCUT2D eigenvalue weighted by Gasteiger charge is 2.23. The first-order chi connectivity index (χ1) is 9.19. The molecular weight excluding hydrogens is 236 g/mol. The summed E-state index contributed by atoms with van der Waals surface area (Å²) in [7, 11) is 0. The number of hydrogen-bond acceptors (Lipinski definition) is 3. The van der Waals surface area contributed by atoms with E-state index < -0.39 is 0 Å². The minimum atomic E-state index is 0.269. The van der Waals surface area contributed by atoms with Crippen molar-refractivity contribution in [3.63, 3.8) is 0 Å². The molecule has 2 rings (SSSR count). The molecule has 2 atom stereocenters. The van der Waals surface area contributed by atoms with E-state index in [1.54, 1.807) is 0 Å². The van der Waals surface area contributed by atoms with Crippen LogP contribution in [0.25, 0.3) is 0 Å². The molecule has 1 heterocycles. The summed E-state index contributed by atoms with van der Waals surface area (Å²) in [6.07, 6.45) is 0.853. The Morgan fingerprint density at radius 1 is 1.26 bits per heavy atom. The number of rotatable bonds is 4. The third-order valence-electron chi connectivity index (χ3n) is 3.90. The summed E-state index contributed by atoms with van der Waals surface area (Å²) in [4.78, 5) is 2.52. The van der Waals surface area contributed by atoms with Crippen LogP contribution in [-0.2, 0) is 6.54 Å². The van der Waals surface area contributed by atoms with Crippen molar-refractivity contribution in [3.05, 3.63) is 35.4 Å². The van der Waals surface area contributed by atoms with Crippen LogP contribution < -0.4 is 5.32 Å². The molecule has 3 heteroatoms.